The Hall–Kier alpha value is -3.55. The minimum Gasteiger partial charge on any atom is -0.477 e. The molecule has 2 aromatic heterocycles. The summed E-state index contributed by atoms with van der Waals surface area (Å²) >= 11 is 0. The van der Waals surface area contributed by atoms with Crippen molar-refractivity contribution in [2.45, 2.75) is 38.1 Å². The number of aromatic nitrogens is 1. The topological polar surface area (TPSA) is 116 Å². The number of fused-ring (bicyclic) bond motifs is 1. The van der Waals surface area contributed by atoms with Crippen LogP contribution in [0.15, 0.2) is 40.8 Å². The van der Waals surface area contributed by atoms with Gasteiger partial charge in [-0.25, -0.2) is 4.79 Å². The van der Waals surface area contributed by atoms with Gasteiger partial charge in [0.05, 0.1) is 6.54 Å². The molecule has 8 heteroatoms. The summed E-state index contributed by atoms with van der Waals surface area (Å²) in [5.74, 6) is -1.01. The van der Waals surface area contributed by atoms with Crippen molar-refractivity contribution in [3.63, 3.8) is 0 Å². The van der Waals surface area contributed by atoms with Crippen LogP contribution in [0, 0.1) is 0 Å². The Bertz CT molecular complexity index is 1120. The lowest BCUT2D eigenvalue weighted by atomic mass is 9.94. The normalized spacial score (nSPS) is 14.5. The van der Waals surface area contributed by atoms with Crippen LogP contribution in [0.5, 0.6) is 0 Å². The van der Waals surface area contributed by atoms with E-state index >= 15 is 0 Å². The predicted octanol–water partition coefficient (Wildman–Crippen LogP) is 3.65. The zero-order valence-corrected chi connectivity index (χ0v) is 17.3. The molecule has 162 valence electrons. The van der Waals surface area contributed by atoms with E-state index < -0.39 is 11.9 Å². The van der Waals surface area contributed by atoms with Crippen molar-refractivity contribution in [3.05, 3.63) is 47.9 Å². The van der Waals surface area contributed by atoms with Gasteiger partial charge >= 0.3 is 5.97 Å². The number of furan rings is 1. The van der Waals surface area contributed by atoms with Gasteiger partial charge in [-0.15, -0.1) is 0 Å². The number of likely N-dealkylation sites (N-methyl/N-ethyl adjacent to an activating group) is 1. The van der Waals surface area contributed by atoms with Gasteiger partial charge in [-0.3, -0.25) is 9.59 Å². The molecule has 8 nitrogen and oxygen atoms in total. The number of carbonyl (C=O) groups excluding carboxylic acids is 2. The molecule has 0 spiro atoms. The first-order valence-electron chi connectivity index (χ1n) is 10.4. The Morgan fingerprint density at radius 1 is 1.13 bits per heavy atom. The summed E-state index contributed by atoms with van der Waals surface area (Å²) < 4.78 is 5.68. The summed E-state index contributed by atoms with van der Waals surface area (Å²) in [7, 11) is 1.79. The molecule has 1 aromatic carbocycles. The van der Waals surface area contributed by atoms with E-state index in [0.717, 1.165) is 31.1 Å². The van der Waals surface area contributed by atoms with Gasteiger partial charge in [0, 0.05) is 29.6 Å². The van der Waals surface area contributed by atoms with E-state index in [9.17, 15) is 14.4 Å². The van der Waals surface area contributed by atoms with Crippen LogP contribution >= 0.6 is 0 Å². The average Bonchev–Trinajstić information content (AvgIpc) is 3.44. The van der Waals surface area contributed by atoms with Gasteiger partial charge in [-0.2, -0.15) is 0 Å². The lowest BCUT2D eigenvalue weighted by Crippen LogP contribution is -2.44. The molecule has 0 atom stereocenters. The number of nitrogens with zero attached hydrogens (tertiary/aromatic N) is 1. The van der Waals surface area contributed by atoms with E-state index in [-0.39, 0.29) is 29.9 Å². The molecule has 1 saturated carbocycles. The largest absolute Gasteiger partial charge is 0.477 e. The number of amides is 2. The van der Waals surface area contributed by atoms with E-state index in [1.54, 1.807) is 48.3 Å². The van der Waals surface area contributed by atoms with Gasteiger partial charge in [0.15, 0.2) is 5.76 Å². The van der Waals surface area contributed by atoms with E-state index in [1.807, 2.05) is 0 Å². The van der Waals surface area contributed by atoms with Crippen LogP contribution < -0.4 is 5.32 Å². The second-order valence-electron chi connectivity index (χ2n) is 7.93. The molecule has 0 radical (unpaired) electrons. The molecule has 31 heavy (non-hydrogen) atoms. The zero-order valence-electron chi connectivity index (χ0n) is 17.3. The number of hydrogen-bond donors (Lipinski definition) is 3. The van der Waals surface area contributed by atoms with Crippen LogP contribution in [0.3, 0.4) is 0 Å². The van der Waals surface area contributed by atoms with Crippen molar-refractivity contribution in [1.82, 2.24) is 15.2 Å². The van der Waals surface area contributed by atoms with Gasteiger partial charge in [-0.05, 0) is 37.1 Å². The van der Waals surface area contributed by atoms with Crippen LogP contribution in [0.25, 0.3) is 22.2 Å². The van der Waals surface area contributed by atoms with E-state index in [1.165, 1.54) is 6.42 Å². The first-order chi connectivity index (χ1) is 14.9. The van der Waals surface area contributed by atoms with Gasteiger partial charge < -0.3 is 24.7 Å². The molecule has 2 heterocycles. The van der Waals surface area contributed by atoms with Crippen LogP contribution in [-0.4, -0.2) is 52.4 Å². The molecule has 4 rings (SSSR count). The zero-order chi connectivity index (χ0) is 22.0. The second-order valence-corrected chi connectivity index (χ2v) is 7.93. The predicted molar refractivity (Wildman–Crippen MR) is 115 cm³/mol. The Kier molecular flexibility index (Phi) is 5.79. The maximum absolute atomic E-state index is 12.4. The highest BCUT2D eigenvalue weighted by molar-refractivity contribution is 5.96. The maximum Gasteiger partial charge on any atom is 0.352 e. The molecular weight excluding hydrogens is 398 g/mol. The molecule has 0 unspecified atom stereocenters. The molecule has 0 bridgehead atoms. The lowest BCUT2D eigenvalue weighted by molar-refractivity contribution is -0.131. The molecule has 3 N–H and O–H groups in total. The number of carboxylic acids is 1. The molecule has 3 aromatic rings. The number of nitrogens with one attached hydrogen (secondary N) is 2. The first kappa shape index (κ1) is 20.7. The molecule has 2 amide bonds. The quantitative estimate of drug-likeness (QED) is 0.560. The van der Waals surface area contributed by atoms with Crippen molar-refractivity contribution in [1.29, 1.82) is 0 Å². The average molecular weight is 423 g/mol. The van der Waals surface area contributed by atoms with Crippen molar-refractivity contribution in [2.75, 3.05) is 13.6 Å². The van der Waals surface area contributed by atoms with Gasteiger partial charge in [-0.1, -0.05) is 31.4 Å². The van der Waals surface area contributed by atoms with Gasteiger partial charge in [0.25, 0.3) is 5.91 Å². The van der Waals surface area contributed by atoms with Crippen LogP contribution in [0.1, 0.15) is 53.1 Å². The summed E-state index contributed by atoms with van der Waals surface area (Å²) in [6.45, 7) is -0.0751. The van der Waals surface area contributed by atoms with Crippen molar-refractivity contribution in [3.8, 4) is 11.3 Å². The van der Waals surface area contributed by atoms with Crippen LogP contribution in [0.2, 0.25) is 0 Å². The first-order valence-corrected chi connectivity index (χ1v) is 10.4. The maximum atomic E-state index is 12.4. The van der Waals surface area contributed by atoms with Gasteiger partial charge in [0.1, 0.15) is 11.5 Å². The lowest BCUT2D eigenvalue weighted by Gasteiger charge is -2.31. The molecule has 1 aliphatic carbocycles. The third-order valence-electron chi connectivity index (χ3n) is 5.88. The number of carbonyl (C=O) groups is 3. The summed E-state index contributed by atoms with van der Waals surface area (Å²) in [5.41, 5.74) is 1.47. The highest BCUT2D eigenvalue weighted by atomic mass is 16.4. The fourth-order valence-corrected chi connectivity index (χ4v) is 4.05. The minimum absolute atomic E-state index is 0.0751. The van der Waals surface area contributed by atoms with Crippen LogP contribution in [0.4, 0.5) is 0 Å². The smallest absolute Gasteiger partial charge is 0.352 e. The Balaban J connectivity index is 1.40. The van der Waals surface area contributed by atoms with Crippen LogP contribution in [-0.2, 0) is 4.79 Å². The number of rotatable bonds is 6. The Morgan fingerprint density at radius 2 is 1.90 bits per heavy atom. The highest BCUT2D eigenvalue weighted by Crippen LogP contribution is 2.27. The summed E-state index contributed by atoms with van der Waals surface area (Å²) in [6.07, 6.45) is 5.51. The number of aromatic carboxylic acids is 1. The van der Waals surface area contributed by atoms with E-state index in [0.29, 0.717) is 16.8 Å². The standard InChI is InChI=1S/C23H25N3O5/c1-26(16-5-3-2-4-6-16)21(27)13-24-22(28)20-10-9-19(31-20)15-8-7-14-11-18(23(29)30)25-17(14)12-15/h7-12,16,25H,2-6,13H2,1H3,(H,24,28)(H,29,30). The van der Waals surface area contributed by atoms with Crippen molar-refractivity contribution < 1.29 is 23.9 Å². The molecular formula is C23H25N3O5. The van der Waals surface area contributed by atoms with Crippen molar-refractivity contribution in [2.24, 2.45) is 0 Å². The number of H-pyrrole nitrogens is 1. The van der Waals surface area contributed by atoms with E-state index in [4.69, 9.17) is 9.52 Å². The molecule has 1 aliphatic rings. The Labute approximate surface area is 179 Å². The number of carboxylic acid groups (broad SMARTS) is 1. The fraction of sp³-hybridized carbons (Fsp3) is 0.348. The summed E-state index contributed by atoms with van der Waals surface area (Å²) in [4.78, 5) is 40.6. The fourth-order valence-electron chi connectivity index (χ4n) is 4.05. The number of hydrogen-bond acceptors (Lipinski definition) is 4. The molecule has 1 fully saturated rings. The third kappa shape index (κ3) is 4.47. The van der Waals surface area contributed by atoms with E-state index in [2.05, 4.69) is 10.3 Å². The number of benzene rings is 1. The van der Waals surface area contributed by atoms with Gasteiger partial charge in [0.2, 0.25) is 5.91 Å². The Morgan fingerprint density at radius 3 is 2.65 bits per heavy atom. The minimum atomic E-state index is -1.03. The van der Waals surface area contributed by atoms with Crippen molar-refractivity contribution >= 4 is 28.7 Å². The number of aromatic amines is 1. The summed E-state index contributed by atoms with van der Waals surface area (Å²) in [5, 5.41) is 12.5. The SMILES string of the molecule is CN(C(=O)CNC(=O)c1ccc(-c2ccc3cc(C(=O)O)[nH]c3c2)o1)C1CCCCC1. The highest BCUT2D eigenvalue weighted by Gasteiger charge is 2.23. The summed E-state index contributed by atoms with van der Waals surface area (Å²) in [6, 6.07) is 10.4. The molecule has 0 saturated heterocycles. The third-order valence-corrected chi connectivity index (χ3v) is 5.88. The monoisotopic (exact) mass is 423 g/mol. The second kappa shape index (κ2) is 8.67. The molecule has 0 aliphatic heterocycles.